The van der Waals surface area contributed by atoms with E-state index in [-0.39, 0.29) is 5.75 Å². The van der Waals surface area contributed by atoms with Gasteiger partial charge >= 0.3 is 0 Å². The first kappa shape index (κ1) is 12.3. The summed E-state index contributed by atoms with van der Waals surface area (Å²) in [6, 6.07) is 4.91. The minimum Gasteiger partial charge on any atom is -0.508 e. The first-order valence-corrected chi connectivity index (χ1v) is 5.74. The molecule has 1 aromatic rings. The molecule has 0 aliphatic carbocycles. The van der Waals surface area contributed by atoms with Crippen LogP contribution in [0.1, 0.15) is 24.8 Å². The molecule has 0 unspecified atom stereocenters. The van der Waals surface area contributed by atoms with Crippen LogP contribution in [0.4, 0.5) is 0 Å². The fraction of sp³-hybridized carbons (Fsp3) is 0.500. The number of aryl methyl sites for hydroxylation is 1. The summed E-state index contributed by atoms with van der Waals surface area (Å²) >= 11 is 5.65. The van der Waals surface area contributed by atoms with E-state index < -0.39 is 0 Å². The number of phenols is 1. The Morgan fingerprint density at radius 2 is 1.87 bits per heavy atom. The number of hydrogen-bond acceptors (Lipinski definition) is 2. The first-order chi connectivity index (χ1) is 7.20. The Bertz CT molecular complexity index is 286. The largest absolute Gasteiger partial charge is 0.508 e. The van der Waals surface area contributed by atoms with Crippen LogP contribution >= 0.6 is 11.6 Å². The number of benzene rings is 1. The molecule has 0 radical (unpaired) electrons. The van der Waals surface area contributed by atoms with E-state index in [0.717, 1.165) is 5.56 Å². The van der Waals surface area contributed by atoms with E-state index in [1.807, 2.05) is 6.92 Å². The minimum absolute atomic E-state index is 0.214. The van der Waals surface area contributed by atoms with E-state index in [1.54, 1.807) is 12.1 Å². The van der Waals surface area contributed by atoms with Gasteiger partial charge in [-0.05, 0) is 50.6 Å². The average molecular weight is 228 g/mol. The molecular formula is C12H18ClNO. The molecular weight excluding hydrogens is 210 g/mol. The monoisotopic (exact) mass is 227 g/mol. The zero-order valence-electron chi connectivity index (χ0n) is 9.09. The van der Waals surface area contributed by atoms with E-state index in [2.05, 4.69) is 5.32 Å². The number of aromatic hydroxyl groups is 1. The van der Waals surface area contributed by atoms with Gasteiger partial charge in [-0.25, -0.2) is 0 Å². The van der Waals surface area contributed by atoms with Crippen molar-refractivity contribution in [1.29, 1.82) is 0 Å². The van der Waals surface area contributed by atoms with Crippen LogP contribution in [-0.2, 0) is 0 Å². The van der Waals surface area contributed by atoms with Gasteiger partial charge < -0.3 is 10.4 Å². The van der Waals surface area contributed by atoms with Crippen molar-refractivity contribution in [2.24, 2.45) is 0 Å². The Kier molecular flexibility index (Phi) is 5.51. The third-order valence-corrected chi connectivity index (χ3v) is 2.77. The molecule has 0 saturated carbocycles. The van der Waals surface area contributed by atoms with E-state index in [9.17, 15) is 0 Å². The average Bonchev–Trinajstić information content (AvgIpc) is 2.27. The predicted octanol–water partition coefficient (Wildman–Crippen LogP) is 3.11. The summed E-state index contributed by atoms with van der Waals surface area (Å²) in [7, 11) is 0. The van der Waals surface area contributed by atoms with Crippen molar-refractivity contribution in [2.75, 3.05) is 13.1 Å². The second kappa shape index (κ2) is 6.70. The molecule has 1 heterocycles. The molecule has 0 aromatic heterocycles. The number of nitrogens with one attached hydrogen (secondary N) is 1. The van der Waals surface area contributed by atoms with E-state index in [1.165, 1.54) is 38.4 Å². The maximum Gasteiger partial charge on any atom is 0.117 e. The van der Waals surface area contributed by atoms with Crippen molar-refractivity contribution < 1.29 is 5.11 Å². The highest BCUT2D eigenvalue weighted by Gasteiger charge is 1.94. The summed E-state index contributed by atoms with van der Waals surface area (Å²) in [6.07, 6.45) is 4.22. The molecule has 2 N–H and O–H groups in total. The number of halogens is 1. The summed E-state index contributed by atoms with van der Waals surface area (Å²) in [4.78, 5) is 0. The lowest BCUT2D eigenvalue weighted by Gasteiger charge is -2.08. The van der Waals surface area contributed by atoms with Crippen LogP contribution in [0.3, 0.4) is 0 Å². The van der Waals surface area contributed by atoms with Gasteiger partial charge in [-0.15, -0.1) is 0 Å². The third kappa shape index (κ3) is 5.05. The number of rotatable bonds is 0. The van der Waals surface area contributed by atoms with Gasteiger partial charge in [0.05, 0.1) is 0 Å². The number of phenolic OH excluding ortho intramolecular Hbond substituents is 1. The molecule has 2 rings (SSSR count). The van der Waals surface area contributed by atoms with Crippen molar-refractivity contribution in [1.82, 2.24) is 5.32 Å². The fourth-order valence-corrected chi connectivity index (χ4v) is 1.56. The minimum atomic E-state index is 0.214. The van der Waals surface area contributed by atoms with E-state index >= 15 is 0 Å². The summed E-state index contributed by atoms with van der Waals surface area (Å²) in [5.74, 6) is 0.214. The number of piperidine rings is 1. The summed E-state index contributed by atoms with van der Waals surface area (Å²) in [5, 5.41) is 12.7. The molecule has 1 saturated heterocycles. The quantitative estimate of drug-likeness (QED) is 0.714. The van der Waals surface area contributed by atoms with Crippen LogP contribution in [-0.4, -0.2) is 18.2 Å². The van der Waals surface area contributed by atoms with E-state index in [4.69, 9.17) is 16.7 Å². The zero-order valence-corrected chi connectivity index (χ0v) is 9.85. The van der Waals surface area contributed by atoms with Crippen LogP contribution in [0, 0.1) is 6.92 Å². The summed E-state index contributed by atoms with van der Waals surface area (Å²) < 4.78 is 0. The summed E-state index contributed by atoms with van der Waals surface area (Å²) in [6.45, 7) is 4.39. The second-order valence-electron chi connectivity index (χ2n) is 3.74. The molecule has 0 atom stereocenters. The standard InChI is InChI=1S/C7H7ClO.C5H11N/c1-5-2-3-6(9)4-7(5)8;1-2-4-6-5-3-1/h2-4,9H,1H3;6H,1-5H2. The maximum absolute atomic E-state index is 8.85. The second-order valence-corrected chi connectivity index (χ2v) is 4.15. The van der Waals surface area contributed by atoms with Gasteiger partial charge in [0.1, 0.15) is 5.75 Å². The molecule has 84 valence electrons. The van der Waals surface area contributed by atoms with Crippen LogP contribution in [0.2, 0.25) is 5.02 Å². The van der Waals surface area contributed by atoms with Crippen LogP contribution in [0.15, 0.2) is 18.2 Å². The Hall–Kier alpha value is -0.730. The summed E-state index contributed by atoms with van der Waals surface area (Å²) in [5.41, 5.74) is 0.981. The van der Waals surface area contributed by atoms with E-state index in [0.29, 0.717) is 5.02 Å². The van der Waals surface area contributed by atoms with Crippen molar-refractivity contribution in [2.45, 2.75) is 26.2 Å². The lowest BCUT2D eigenvalue weighted by molar-refractivity contribution is 0.475. The maximum atomic E-state index is 8.85. The van der Waals surface area contributed by atoms with Crippen molar-refractivity contribution in [3.05, 3.63) is 28.8 Å². The van der Waals surface area contributed by atoms with Crippen molar-refractivity contribution >= 4 is 11.6 Å². The Morgan fingerprint density at radius 3 is 2.20 bits per heavy atom. The SMILES string of the molecule is C1CCNCC1.Cc1ccc(O)cc1Cl. The molecule has 1 aliphatic rings. The van der Waals surface area contributed by atoms with Gasteiger partial charge in [-0.3, -0.25) is 0 Å². The van der Waals surface area contributed by atoms with Crippen molar-refractivity contribution in [3.63, 3.8) is 0 Å². The van der Waals surface area contributed by atoms with Gasteiger partial charge in [-0.1, -0.05) is 24.1 Å². The molecule has 0 bridgehead atoms. The molecule has 1 fully saturated rings. The molecule has 1 aliphatic heterocycles. The van der Waals surface area contributed by atoms with Gasteiger partial charge in [0.25, 0.3) is 0 Å². The van der Waals surface area contributed by atoms with Crippen LogP contribution in [0.25, 0.3) is 0 Å². The smallest absolute Gasteiger partial charge is 0.117 e. The lowest BCUT2D eigenvalue weighted by atomic mass is 10.2. The molecule has 1 aromatic carbocycles. The lowest BCUT2D eigenvalue weighted by Crippen LogP contribution is -2.21. The number of hydrogen-bond donors (Lipinski definition) is 2. The van der Waals surface area contributed by atoms with Crippen LogP contribution in [0.5, 0.6) is 5.75 Å². The van der Waals surface area contributed by atoms with Gasteiger partial charge in [0.15, 0.2) is 0 Å². The zero-order chi connectivity index (χ0) is 11.1. The Morgan fingerprint density at radius 1 is 1.20 bits per heavy atom. The first-order valence-electron chi connectivity index (χ1n) is 5.36. The highest BCUT2D eigenvalue weighted by Crippen LogP contribution is 2.19. The molecule has 3 heteroatoms. The predicted molar refractivity (Wildman–Crippen MR) is 64.6 cm³/mol. The fourth-order valence-electron chi connectivity index (χ4n) is 1.38. The van der Waals surface area contributed by atoms with Crippen molar-refractivity contribution in [3.8, 4) is 5.75 Å². The molecule has 0 amide bonds. The molecule has 0 spiro atoms. The van der Waals surface area contributed by atoms with Gasteiger partial charge in [0, 0.05) is 5.02 Å². The third-order valence-electron chi connectivity index (χ3n) is 2.36. The highest BCUT2D eigenvalue weighted by atomic mass is 35.5. The molecule has 15 heavy (non-hydrogen) atoms. The van der Waals surface area contributed by atoms with Crippen LogP contribution < -0.4 is 5.32 Å². The topological polar surface area (TPSA) is 32.3 Å². The Balaban J connectivity index is 0.000000162. The molecule has 2 nitrogen and oxygen atoms in total. The normalized spacial score (nSPS) is 15.3. The highest BCUT2D eigenvalue weighted by molar-refractivity contribution is 6.31. The van der Waals surface area contributed by atoms with Gasteiger partial charge in [0.2, 0.25) is 0 Å². The Labute approximate surface area is 96.3 Å². The van der Waals surface area contributed by atoms with Gasteiger partial charge in [-0.2, -0.15) is 0 Å².